The minimum Gasteiger partial charge on any atom is -0.369 e. The van der Waals surface area contributed by atoms with Gasteiger partial charge in [-0.15, -0.1) is 0 Å². The fourth-order valence-electron chi connectivity index (χ4n) is 0.850. The monoisotopic (exact) mass is 215 g/mol. The van der Waals surface area contributed by atoms with Crippen LogP contribution in [0, 0.1) is 0 Å². The Morgan fingerprint density at radius 3 is 3.07 bits per heavy atom. The second kappa shape index (κ2) is 5.51. The molecule has 14 heavy (non-hydrogen) atoms. The summed E-state index contributed by atoms with van der Waals surface area (Å²) in [6.45, 7) is 0.615. The van der Waals surface area contributed by atoms with E-state index in [2.05, 4.69) is 20.7 Å². The maximum absolute atomic E-state index is 10.8. The lowest BCUT2D eigenvalue weighted by molar-refractivity contribution is 0.687. The molecular formula is C7H13N5OS. The van der Waals surface area contributed by atoms with Crippen LogP contribution in [0.1, 0.15) is 0 Å². The first-order chi connectivity index (χ1) is 6.72. The van der Waals surface area contributed by atoms with Gasteiger partial charge >= 0.3 is 0 Å². The molecule has 1 aromatic heterocycles. The van der Waals surface area contributed by atoms with Crippen molar-refractivity contribution in [1.29, 1.82) is 0 Å². The quantitative estimate of drug-likeness (QED) is 0.455. The molecule has 6 nitrogen and oxygen atoms in total. The molecule has 7 heteroatoms. The van der Waals surface area contributed by atoms with E-state index in [4.69, 9.17) is 5.84 Å². The summed E-state index contributed by atoms with van der Waals surface area (Å²) in [5.41, 5.74) is 2.34. The van der Waals surface area contributed by atoms with Crippen LogP contribution in [-0.2, 0) is 10.8 Å². The van der Waals surface area contributed by atoms with Gasteiger partial charge in [0.05, 0.1) is 0 Å². The van der Waals surface area contributed by atoms with E-state index in [1.54, 1.807) is 18.5 Å². The fraction of sp³-hybridized carbons (Fsp3) is 0.429. The van der Waals surface area contributed by atoms with Crippen LogP contribution in [0.2, 0.25) is 0 Å². The van der Waals surface area contributed by atoms with Gasteiger partial charge in [-0.1, -0.05) is 0 Å². The van der Waals surface area contributed by atoms with E-state index in [9.17, 15) is 4.21 Å². The predicted molar refractivity (Wildman–Crippen MR) is 57.3 cm³/mol. The molecule has 0 aliphatic carbocycles. The van der Waals surface area contributed by atoms with E-state index in [-0.39, 0.29) is 0 Å². The van der Waals surface area contributed by atoms with Crippen LogP contribution < -0.4 is 16.6 Å². The third-order valence-corrected chi connectivity index (χ3v) is 2.26. The smallest absolute Gasteiger partial charge is 0.239 e. The zero-order chi connectivity index (χ0) is 10.4. The number of rotatable bonds is 5. The fourth-order valence-corrected chi connectivity index (χ4v) is 1.24. The first-order valence-electron chi connectivity index (χ1n) is 4.06. The normalized spacial score (nSPS) is 12.1. The van der Waals surface area contributed by atoms with Gasteiger partial charge in [-0.25, -0.2) is 10.8 Å². The van der Waals surface area contributed by atoms with Crippen molar-refractivity contribution in [2.75, 3.05) is 29.3 Å². The molecule has 4 N–H and O–H groups in total. The van der Waals surface area contributed by atoms with Crippen LogP contribution in [0.25, 0.3) is 0 Å². The zero-order valence-corrected chi connectivity index (χ0v) is 8.67. The standard InChI is InChI=1S/C7H13N5OS/c1-14(13)5-4-9-6-2-3-10-7(11-6)12-8/h2-3H,4-5,8H2,1H3,(H2,9,10,11,12). The molecule has 0 amide bonds. The van der Waals surface area contributed by atoms with Gasteiger partial charge < -0.3 is 5.32 Å². The summed E-state index contributed by atoms with van der Waals surface area (Å²) in [6.07, 6.45) is 3.25. The van der Waals surface area contributed by atoms with Crippen molar-refractivity contribution in [1.82, 2.24) is 9.97 Å². The Kier molecular flexibility index (Phi) is 4.27. The first kappa shape index (κ1) is 10.9. The average molecular weight is 215 g/mol. The van der Waals surface area contributed by atoms with Crippen molar-refractivity contribution in [3.8, 4) is 0 Å². The van der Waals surface area contributed by atoms with Crippen LogP contribution >= 0.6 is 0 Å². The predicted octanol–water partition coefficient (Wildman–Crippen LogP) is -0.447. The first-order valence-corrected chi connectivity index (χ1v) is 5.78. The second-order valence-electron chi connectivity index (χ2n) is 2.61. The van der Waals surface area contributed by atoms with Crippen molar-refractivity contribution in [3.05, 3.63) is 12.3 Å². The van der Waals surface area contributed by atoms with Crippen molar-refractivity contribution in [2.45, 2.75) is 0 Å². The van der Waals surface area contributed by atoms with Gasteiger partial charge in [0, 0.05) is 35.5 Å². The van der Waals surface area contributed by atoms with E-state index >= 15 is 0 Å². The molecule has 1 heterocycles. The molecule has 0 bridgehead atoms. The number of hydrogen-bond acceptors (Lipinski definition) is 6. The number of nitrogens with two attached hydrogens (primary N) is 1. The second-order valence-corrected chi connectivity index (χ2v) is 4.17. The molecule has 0 saturated carbocycles. The summed E-state index contributed by atoms with van der Waals surface area (Å²) in [5.74, 6) is 6.76. The Labute approximate surface area is 84.7 Å². The van der Waals surface area contributed by atoms with Crippen LogP contribution in [0.5, 0.6) is 0 Å². The maximum atomic E-state index is 10.8. The van der Waals surface area contributed by atoms with Crippen molar-refractivity contribution < 1.29 is 4.21 Å². The largest absolute Gasteiger partial charge is 0.369 e. The molecule has 0 radical (unpaired) electrons. The molecule has 1 unspecified atom stereocenters. The Morgan fingerprint density at radius 1 is 1.64 bits per heavy atom. The molecule has 1 atom stereocenters. The highest BCUT2D eigenvalue weighted by atomic mass is 32.2. The number of nitrogen functional groups attached to an aromatic ring is 1. The minimum absolute atomic E-state index is 0.354. The maximum Gasteiger partial charge on any atom is 0.239 e. The highest BCUT2D eigenvalue weighted by molar-refractivity contribution is 7.84. The summed E-state index contributed by atoms with van der Waals surface area (Å²) in [6, 6.07) is 1.72. The molecule has 78 valence electrons. The molecule has 1 rings (SSSR count). The Morgan fingerprint density at radius 2 is 2.43 bits per heavy atom. The van der Waals surface area contributed by atoms with Gasteiger partial charge in [0.25, 0.3) is 0 Å². The lowest BCUT2D eigenvalue weighted by atomic mass is 10.5. The Bertz CT molecular complexity index is 319. The Balaban J connectivity index is 2.46. The van der Waals surface area contributed by atoms with Crippen molar-refractivity contribution in [3.63, 3.8) is 0 Å². The highest BCUT2D eigenvalue weighted by Crippen LogP contribution is 2.03. The molecule has 0 fully saturated rings. The number of hydrazine groups is 1. The average Bonchev–Trinajstić information content (AvgIpc) is 2.18. The number of nitrogens with zero attached hydrogens (tertiary/aromatic N) is 2. The molecule has 0 aromatic carbocycles. The van der Waals surface area contributed by atoms with Crippen LogP contribution in [-0.4, -0.2) is 32.7 Å². The summed E-state index contributed by atoms with van der Waals surface area (Å²) in [5, 5.41) is 3.01. The van der Waals surface area contributed by atoms with E-state index in [0.29, 0.717) is 24.1 Å². The van der Waals surface area contributed by atoms with Gasteiger partial charge in [0.1, 0.15) is 5.82 Å². The Hall–Kier alpha value is -1.21. The summed E-state index contributed by atoms with van der Waals surface area (Å²) >= 11 is 0. The zero-order valence-electron chi connectivity index (χ0n) is 7.86. The molecule has 0 spiro atoms. The number of nitrogens with one attached hydrogen (secondary N) is 2. The van der Waals surface area contributed by atoms with Gasteiger partial charge in [-0.2, -0.15) is 4.98 Å². The molecule has 1 aromatic rings. The molecule has 0 aliphatic rings. The van der Waals surface area contributed by atoms with Crippen molar-refractivity contribution >= 4 is 22.6 Å². The van der Waals surface area contributed by atoms with E-state index in [1.807, 2.05) is 0 Å². The molecular weight excluding hydrogens is 202 g/mol. The SMILES string of the molecule is CS(=O)CCNc1ccnc(NN)n1. The van der Waals surface area contributed by atoms with Gasteiger partial charge in [-0.05, 0) is 6.07 Å². The van der Waals surface area contributed by atoms with Crippen LogP contribution in [0.3, 0.4) is 0 Å². The van der Waals surface area contributed by atoms with Crippen LogP contribution in [0.15, 0.2) is 12.3 Å². The number of anilines is 2. The van der Waals surface area contributed by atoms with Gasteiger partial charge in [0.2, 0.25) is 5.95 Å². The van der Waals surface area contributed by atoms with E-state index in [0.717, 1.165) is 0 Å². The highest BCUT2D eigenvalue weighted by Gasteiger charge is 1.96. The van der Waals surface area contributed by atoms with Crippen molar-refractivity contribution in [2.24, 2.45) is 5.84 Å². The molecule has 0 aliphatic heterocycles. The topological polar surface area (TPSA) is 92.9 Å². The summed E-state index contributed by atoms with van der Waals surface area (Å²) in [7, 11) is -0.793. The number of hydrogen-bond donors (Lipinski definition) is 3. The summed E-state index contributed by atoms with van der Waals surface area (Å²) < 4.78 is 10.8. The third-order valence-electron chi connectivity index (χ3n) is 1.48. The molecule has 0 saturated heterocycles. The van der Waals surface area contributed by atoms with E-state index < -0.39 is 10.8 Å². The van der Waals surface area contributed by atoms with E-state index in [1.165, 1.54) is 0 Å². The third kappa shape index (κ3) is 3.67. The van der Waals surface area contributed by atoms with Crippen LogP contribution in [0.4, 0.5) is 11.8 Å². The lowest BCUT2D eigenvalue weighted by Crippen LogP contribution is -2.14. The van der Waals surface area contributed by atoms with Gasteiger partial charge in [-0.3, -0.25) is 9.63 Å². The summed E-state index contributed by atoms with van der Waals surface area (Å²) in [4.78, 5) is 7.88. The number of aromatic nitrogens is 2. The van der Waals surface area contributed by atoms with Gasteiger partial charge in [0.15, 0.2) is 0 Å². The minimum atomic E-state index is -0.793. The lowest BCUT2D eigenvalue weighted by Gasteiger charge is -2.04.